The van der Waals surface area contributed by atoms with Crippen molar-refractivity contribution in [2.75, 3.05) is 0 Å². The van der Waals surface area contributed by atoms with Crippen LogP contribution >= 0.6 is 0 Å². The number of carbonyl (C=O) groups is 1. The topological polar surface area (TPSA) is 72.4 Å². The Labute approximate surface area is 168 Å². The van der Waals surface area contributed by atoms with Gasteiger partial charge < -0.3 is 4.42 Å². The lowest BCUT2D eigenvalue weighted by Crippen LogP contribution is -2.16. The summed E-state index contributed by atoms with van der Waals surface area (Å²) in [7, 11) is 0. The van der Waals surface area contributed by atoms with E-state index in [1.54, 1.807) is 23.0 Å². The summed E-state index contributed by atoms with van der Waals surface area (Å²) in [5.74, 6) is -0.201. The molecule has 4 rings (SSSR count). The summed E-state index contributed by atoms with van der Waals surface area (Å²) in [5, 5.41) is 8.83. The lowest BCUT2D eigenvalue weighted by atomic mass is 10.1. The number of carbonyl (C=O) groups excluding carboxylic acids is 1. The number of aryl methyl sites for hydroxylation is 1. The van der Waals surface area contributed by atoms with Crippen LogP contribution in [0.15, 0.2) is 88.7 Å². The van der Waals surface area contributed by atoms with E-state index in [2.05, 4.69) is 41.7 Å². The molecule has 2 aromatic heterocycles. The molecule has 0 spiro atoms. The lowest BCUT2D eigenvalue weighted by molar-refractivity contribution is 0.0927. The highest BCUT2D eigenvalue weighted by atomic mass is 16.3. The van der Waals surface area contributed by atoms with Gasteiger partial charge >= 0.3 is 5.91 Å². The normalized spacial score (nSPS) is 11.1. The predicted molar refractivity (Wildman–Crippen MR) is 112 cm³/mol. The second-order valence-electron chi connectivity index (χ2n) is 6.44. The molecule has 1 amide bonds. The van der Waals surface area contributed by atoms with E-state index in [4.69, 9.17) is 9.52 Å². The zero-order valence-corrected chi connectivity index (χ0v) is 15.9. The minimum absolute atomic E-state index is 0.206. The molecule has 4 aromatic rings. The van der Waals surface area contributed by atoms with E-state index >= 15 is 0 Å². The monoisotopic (exact) mass is 384 g/mol. The van der Waals surface area contributed by atoms with Crippen LogP contribution in [0.25, 0.3) is 16.9 Å². The zero-order chi connectivity index (χ0) is 20.1. The van der Waals surface area contributed by atoms with Crippen LogP contribution in [0, 0.1) is 0 Å². The second-order valence-corrected chi connectivity index (χ2v) is 6.44. The summed E-state index contributed by atoms with van der Waals surface area (Å²) in [6.07, 6.45) is 5.91. The summed E-state index contributed by atoms with van der Waals surface area (Å²) < 4.78 is 6.88. The third kappa shape index (κ3) is 4.16. The fraction of sp³-hybridized carbons (Fsp3) is 0.0870. The summed E-state index contributed by atoms with van der Waals surface area (Å²) in [5.41, 5.74) is 7.24. The number of aromatic nitrogens is 2. The van der Waals surface area contributed by atoms with Gasteiger partial charge in [0.15, 0.2) is 5.76 Å². The second kappa shape index (κ2) is 8.39. The molecule has 0 atom stereocenters. The number of nitrogens with zero attached hydrogens (tertiary/aromatic N) is 3. The van der Waals surface area contributed by atoms with Crippen LogP contribution < -0.4 is 5.43 Å². The lowest BCUT2D eigenvalue weighted by Gasteiger charge is -2.02. The molecule has 0 bridgehead atoms. The smallest absolute Gasteiger partial charge is 0.307 e. The Morgan fingerprint density at radius 1 is 1.10 bits per heavy atom. The average Bonchev–Trinajstić information content (AvgIpc) is 3.45. The molecular formula is C23H20N4O2. The van der Waals surface area contributed by atoms with Crippen molar-refractivity contribution in [2.45, 2.75) is 13.3 Å². The number of rotatable bonds is 6. The molecule has 0 saturated carbocycles. The van der Waals surface area contributed by atoms with E-state index in [1.165, 1.54) is 11.8 Å². The predicted octanol–water partition coefficient (Wildman–Crippen LogP) is 4.46. The Kier molecular flexibility index (Phi) is 5.33. The number of hydrogen-bond donors (Lipinski definition) is 1. The number of furan rings is 1. The summed E-state index contributed by atoms with van der Waals surface area (Å²) in [6, 6.07) is 21.4. The Morgan fingerprint density at radius 2 is 1.90 bits per heavy atom. The van der Waals surface area contributed by atoms with Crippen LogP contribution in [-0.4, -0.2) is 21.9 Å². The molecule has 0 fully saturated rings. The van der Waals surface area contributed by atoms with Gasteiger partial charge in [-0.1, -0.05) is 49.4 Å². The third-order valence-electron chi connectivity index (χ3n) is 4.51. The van der Waals surface area contributed by atoms with Crippen molar-refractivity contribution in [1.82, 2.24) is 15.2 Å². The Morgan fingerprint density at radius 3 is 2.59 bits per heavy atom. The van der Waals surface area contributed by atoms with Crippen molar-refractivity contribution in [3.05, 3.63) is 96.1 Å². The van der Waals surface area contributed by atoms with Crippen molar-refractivity contribution >= 4 is 12.1 Å². The molecule has 0 saturated heterocycles. The first-order valence-corrected chi connectivity index (χ1v) is 9.36. The van der Waals surface area contributed by atoms with Gasteiger partial charge in [-0.15, -0.1) is 0 Å². The number of para-hydroxylation sites is 1. The Hall–Kier alpha value is -3.93. The van der Waals surface area contributed by atoms with Crippen molar-refractivity contribution in [2.24, 2.45) is 5.10 Å². The van der Waals surface area contributed by atoms with Gasteiger partial charge in [-0.25, -0.2) is 10.1 Å². The molecule has 0 aliphatic rings. The van der Waals surface area contributed by atoms with Gasteiger partial charge in [0.1, 0.15) is 5.69 Å². The SMILES string of the molecule is CCc1ccc(-c2nn(-c3ccccc3)cc2/C=N\NC(=O)c2ccco2)cc1. The van der Waals surface area contributed by atoms with Gasteiger partial charge in [0.05, 0.1) is 18.2 Å². The Bertz CT molecular complexity index is 1110. The first-order chi connectivity index (χ1) is 14.2. The number of amides is 1. The molecule has 2 aromatic carbocycles. The maximum atomic E-state index is 12.0. The summed E-state index contributed by atoms with van der Waals surface area (Å²) in [6.45, 7) is 2.12. The van der Waals surface area contributed by atoms with Crippen molar-refractivity contribution in [3.63, 3.8) is 0 Å². The van der Waals surface area contributed by atoms with Crippen LogP contribution in [0.5, 0.6) is 0 Å². The van der Waals surface area contributed by atoms with Gasteiger partial charge in [0.2, 0.25) is 0 Å². The van der Waals surface area contributed by atoms with Crippen LogP contribution in [0.3, 0.4) is 0 Å². The summed E-state index contributed by atoms with van der Waals surface area (Å²) >= 11 is 0. The van der Waals surface area contributed by atoms with Crippen LogP contribution in [0.4, 0.5) is 0 Å². The quantitative estimate of drug-likeness (QED) is 0.394. The first-order valence-electron chi connectivity index (χ1n) is 9.36. The molecule has 1 N–H and O–H groups in total. The maximum absolute atomic E-state index is 12.0. The molecule has 0 radical (unpaired) electrons. The van der Waals surface area contributed by atoms with E-state index < -0.39 is 5.91 Å². The van der Waals surface area contributed by atoms with E-state index in [-0.39, 0.29) is 5.76 Å². The fourth-order valence-electron chi connectivity index (χ4n) is 2.94. The number of benzene rings is 2. The van der Waals surface area contributed by atoms with Gasteiger partial charge in [0, 0.05) is 17.3 Å². The highest BCUT2D eigenvalue weighted by Crippen LogP contribution is 2.23. The highest BCUT2D eigenvalue weighted by Gasteiger charge is 2.12. The van der Waals surface area contributed by atoms with E-state index in [9.17, 15) is 4.79 Å². The van der Waals surface area contributed by atoms with Crippen molar-refractivity contribution in [1.29, 1.82) is 0 Å². The third-order valence-corrected chi connectivity index (χ3v) is 4.51. The van der Waals surface area contributed by atoms with Gasteiger partial charge in [0.25, 0.3) is 0 Å². The molecule has 0 aliphatic carbocycles. The summed E-state index contributed by atoms with van der Waals surface area (Å²) in [4.78, 5) is 12.0. The van der Waals surface area contributed by atoms with Crippen LogP contribution in [-0.2, 0) is 6.42 Å². The zero-order valence-electron chi connectivity index (χ0n) is 15.9. The largest absolute Gasteiger partial charge is 0.459 e. The van der Waals surface area contributed by atoms with Crippen LogP contribution in [0.2, 0.25) is 0 Å². The molecular weight excluding hydrogens is 364 g/mol. The van der Waals surface area contributed by atoms with Gasteiger partial charge in [-0.3, -0.25) is 4.79 Å². The standard InChI is InChI=1S/C23H20N4O2/c1-2-17-10-12-18(13-11-17)22-19(15-24-25-23(28)21-9-6-14-29-21)16-27(26-22)20-7-4-3-5-8-20/h3-16H,2H2,1H3,(H,25,28)/b24-15-. The van der Waals surface area contributed by atoms with Gasteiger partial charge in [-0.05, 0) is 36.2 Å². The number of nitrogens with one attached hydrogen (secondary N) is 1. The van der Waals surface area contributed by atoms with E-state index in [0.29, 0.717) is 0 Å². The molecule has 2 heterocycles. The number of hydrazone groups is 1. The fourth-order valence-corrected chi connectivity index (χ4v) is 2.94. The van der Waals surface area contributed by atoms with Gasteiger partial charge in [-0.2, -0.15) is 10.2 Å². The van der Waals surface area contributed by atoms with Crippen molar-refractivity contribution in [3.8, 4) is 16.9 Å². The minimum atomic E-state index is -0.407. The average molecular weight is 384 g/mol. The molecule has 0 unspecified atom stereocenters. The van der Waals surface area contributed by atoms with Crippen molar-refractivity contribution < 1.29 is 9.21 Å². The van der Waals surface area contributed by atoms with E-state index in [1.807, 2.05) is 36.5 Å². The maximum Gasteiger partial charge on any atom is 0.307 e. The van der Waals surface area contributed by atoms with Crippen LogP contribution in [0.1, 0.15) is 28.6 Å². The van der Waals surface area contributed by atoms with E-state index in [0.717, 1.165) is 28.9 Å². The Balaban J connectivity index is 1.65. The molecule has 144 valence electrons. The highest BCUT2D eigenvalue weighted by molar-refractivity contribution is 5.93. The molecule has 29 heavy (non-hydrogen) atoms. The minimum Gasteiger partial charge on any atom is -0.459 e. The molecule has 0 aliphatic heterocycles. The molecule has 6 heteroatoms. The first kappa shape index (κ1) is 18.4. The molecule has 6 nitrogen and oxygen atoms in total. The number of hydrogen-bond acceptors (Lipinski definition) is 4.